The number of nitrogens with zero attached hydrogens (tertiary/aromatic N) is 1. The van der Waals surface area contributed by atoms with Gasteiger partial charge in [0.25, 0.3) is 11.8 Å². The zero-order valence-electron chi connectivity index (χ0n) is 14.5. The van der Waals surface area contributed by atoms with E-state index in [1.54, 1.807) is 73.8 Å². The van der Waals surface area contributed by atoms with E-state index in [1.165, 1.54) is 0 Å². The third-order valence-electron chi connectivity index (χ3n) is 4.28. The second-order valence-electron chi connectivity index (χ2n) is 6.03. The molecule has 2 amide bonds. The Kier molecular flexibility index (Phi) is 4.01. The van der Waals surface area contributed by atoms with E-state index in [0.29, 0.717) is 39.8 Å². The van der Waals surface area contributed by atoms with Crippen molar-refractivity contribution < 1.29 is 19.1 Å². The molecule has 3 aromatic carbocycles. The highest BCUT2D eigenvalue weighted by atomic mass is 16.5. The fourth-order valence-electron chi connectivity index (χ4n) is 2.96. The predicted octanol–water partition coefficient (Wildman–Crippen LogP) is 3.87. The van der Waals surface area contributed by atoms with E-state index in [0.717, 1.165) is 4.90 Å². The molecule has 3 aromatic rings. The molecule has 0 aromatic heterocycles. The molecule has 0 aliphatic carbocycles. The molecule has 0 bridgehead atoms. The highest BCUT2D eigenvalue weighted by Crippen LogP contribution is 2.33. The molecule has 0 fully saturated rings. The van der Waals surface area contributed by atoms with E-state index in [9.17, 15) is 9.59 Å². The van der Waals surface area contributed by atoms with Crippen LogP contribution >= 0.6 is 0 Å². The van der Waals surface area contributed by atoms with Gasteiger partial charge in [-0.15, -0.1) is 0 Å². The van der Waals surface area contributed by atoms with Crippen LogP contribution in [0.25, 0.3) is 0 Å². The minimum Gasteiger partial charge on any atom is -0.497 e. The third kappa shape index (κ3) is 2.97. The first-order chi connectivity index (χ1) is 13.1. The van der Waals surface area contributed by atoms with Crippen molar-refractivity contribution >= 4 is 23.2 Å². The Labute approximate surface area is 155 Å². The van der Waals surface area contributed by atoms with Crippen LogP contribution in [0.4, 0.5) is 11.4 Å². The highest BCUT2D eigenvalue weighted by Gasteiger charge is 2.37. The molecule has 6 nitrogen and oxygen atoms in total. The summed E-state index contributed by atoms with van der Waals surface area (Å²) in [6, 6.07) is 18.6. The van der Waals surface area contributed by atoms with Crippen molar-refractivity contribution in [1.29, 1.82) is 0 Å². The number of carbonyl (C=O) groups excluding carboxylic acids is 2. The fraction of sp³-hybridized carbons (Fsp3) is 0.0476. The Hall–Kier alpha value is -3.80. The van der Waals surface area contributed by atoms with Gasteiger partial charge in [0.15, 0.2) is 0 Å². The van der Waals surface area contributed by atoms with Crippen LogP contribution in [0, 0.1) is 0 Å². The first-order valence-corrected chi connectivity index (χ1v) is 8.27. The van der Waals surface area contributed by atoms with E-state index < -0.39 is 5.91 Å². The van der Waals surface area contributed by atoms with Crippen molar-refractivity contribution in [2.45, 2.75) is 0 Å². The summed E-state index contributed by atoms with van der Waals surface area (Å²) in [4.78, 5) is 26.7. The number of hydrogen-bond acceptors (Lipinski definition) is 5. The summed E-state index contributed by atoms with van der Waals surface area (Å²) < 4.78 is 10.9. The van der Waals surface area contributed by atoms with Crippen molar-refractivity contribution in [2.75, 3.05) is 17.7 Å². The molecular weight excluding hydrogens is 344 g/mol. The van der Waals surface area contributed by atoms with Crippen LogP contribution in [0.3, 0.4) is 0 Å². The molecule has 2 N–H and O–H groups in total. The van der Waals surface area contributed by atoms with E-state index in [1.807, 2.05) is 0 Å². The molecule has 0 saturated carbocycles. The Morgan fingerprint density at radius 1 is 0.778 bits per heavy atom. The predicted molar refractivity (Wildman–Crippen MR) is 102 cm³/mol. The lowest BCUT2D eigenvalue weighted by molar-refractivity contribution is 0.0926. The molecule has 1 heterocycles. The lowest BCUT2D eigenvalue weighted by Gasteiger charge is -2.14. The maximum Gasteiger partial charge on any atom is 0.266 e. The summed E-state index contributed by atoms with van der Waals surface area (Å²) in [7, 11) is 1.55. The molecule has 0 unspecified atom stereocenters. The van der Waals surface area contributed by atoms with Crippen LogP contribution in [-0.4, -0.2) is 18.9 Å². The fourth-order valence-corrected chi connectivity index (χ4v) is 2.96. The second kappa shape index (κ2) is 6.49. The van der Waals surface area contributed by atoms with E-state index >= 15 is 0 Å². The maximum atomic E-state index is 12.8. The number of anilines is 2. The Morgan fingerprint density at radius 3 is 2.15 bits per heavy atom. The van der Waals surface area contributed by atoms with Gasteiger partial charge in [-0.2, -0.15) is 0 Å². The smallest absolute Gasteiger partial charge is 0.266 e. The van der Waals surface area contributed by atoms with Crippen molar-refractivity contribution in [3.63, 3.8) is 0 Å². The molecule has 134 valence electrons. The third-order valence-corrected chi connectivity index (χ3v) is 4.28. The minimum atomic E-state index is -0.391. The van der Waals surface area contributed by atoms with Gasteiger partial charge in [-0.25, -0.2) is 4.90 Å². The number of carbonyl (C=O) groups is 2. The number of nitrogens with two attached hydrogens (primary N) is 1. The quantitative estimate of drug-likeness (QED) is 0.564. The van der Waals surface area contributed by atoms with Crippen LogP contribution < -0.4 is 20.1 Å². The molecule has 0 radical (unpaired) electrons. The molecule has 0 saturated heterocycles. The van der Waals surface area contributed by atoms with Crippen molar-refractivity contribution in [1.82, 2.24) is 0 Å². The number of rotatable bonds is 4. The van der Waals surface area contributed by atoms with Crippen LogP contribution in [-0.2, 0) is 0 Å². The molecular formula is C21H16N2O4. The van der Waals surface area contributed by atoms with E-state index in [-0.39, 0.29) is 5.91 Å². The van der Waals surface area contributed by atoms with Crippen molar-refractivity contribution in [2.24, 2.45) is 0 Å². The zero-order valence-corrected chi connectivity index (χ0v) is 14.5. The number of imide groups is 1. The highest BCUT2D eigenvalue weighted by molar-refractivity contribution is 6.34. The lowest BCUT2D eigenvalue weighted by Crippen LogP contribution is -2.29. The number of methoxy groups -OCH3 is 1. The summed E-state index contributed by atoms with van der Waals surface area (Å²) in [5.41, 5.74) is 7.46. The average Bonchev–Trinajstić information content (AvgIpc) is 2.92. The van der Waals surface area contributed by atoms with Crippen molar-refractivity contribution in [3.8, 4) is 17.2 Å². The average molecular weight is 360 g/mol. The van der Waals surface area contributed by atoms with Gasteiger partial charge in [-0.3, -0.25) is 9.59 Å². The maximum absolute atomic E-state index is 12.8. The van der Waals surface area contributed by atoms with Gasteiger partial charge >= 0.3 is 0 Å². The Balaban J connectivity index is 1.64. The van der Waals surface area contributed by atoms with Crippen LogP contribution in [0.2, 0.25) is 0 Å². The summed E-state index contributed by atoms with van der Waals surface area (Å²) in [6.45, 7) is 0. The van der Waals surface area contributed by atoms with Crippen LogP contribution in [0.5, 0.6) is 17.2 Å². The number of nitrogen functional groups attached to an aromatic ring is 1. The standard InChI is InChI=1S/C21H16N2O4/c1-26-15-7-5-14(6-8-15)23-20(24)18-10-9-17(12-19(18)21(23)25)27-16-4-2-3-13(22)11-16/h2-12H,22H2,1H3. The number of benzene rings is 3. The molecule has 4 rings (SSSR count). The first kappa shape index (κ1) is 16.7. The molecule has 0 atom stereocenters. The molecule has 6 heteroatoms. The number of ether oxygens (including phenoxy) is 2. The van der Waals surface area contributed by atoms with Crippen LogP contribution in [0.1, 0.15) is 20.7 Å². The van der Waals surface area contributed by atoms with Gasteiger partial charge in [0.1, 0.15) is 17.2 Å². The van der Waals surface area contributed by atoms with Gasteiger partial charge in [-0.1, -0.05) is 6.07 Å². The molecule has 0 spiro atoms. The van der Waals surface area contributed by atoms with Gasteiger partial charge in [0.2, 0.25) is 0 Å². The summed E-state index contributed by atoms with van der Waals surface area (Å²) in [5, 5.41) is 0. The zero-order chi connectivity index (χ0) is 19.0. The molecule has 1 aliphatic heterocycles. The lowest BCUT2D eigenvalue weighted by atomic mass is 10.1. The monoisotopic (exact) mass is 360 g/mol. The largest absolute Gasteiger partial charge is 0.497 e. The summed E-state index contributed by atoms with van der Waals surface area (Å²) in [6.07, 6.45) is 0. The Bertz CT molecular complexity index is 1040. The number of hydrogen-bond donors (Lipinski definition) is 1. The van der Waals surface area contributed by atoms with Crippen molar-refractivity contribution in [3.05, 3.63) is 77.9 Å². The van der Waals surface area contributed by atoms with E-state index in [2.05, 4.69) is 0 Å². The molecule has 1 aliphatic rings. The van der Waals surface area contributed by atoms with Gasteiger partial charge < -0.3 is 15.2 Å². The topological polar surface area (TPSA) is 81.9 Å². The van der Waals surface area contributed by atoms with Crippen LogP contribution in [0.15, 0.2) is 66.7 Å². The number of amides is 2. The molecule has 27 heavy (non-hydrogen) atoms. The normalized spacial score (nSPS) is 12.9. The number of fused-ring (bicyclic) bond motifs is 1. The van der Waals surface area contributed by atoms with E-state index in [4.69, 9.17) is 15.2 Å². The van der Waals surface area contributed by atoms with Gasteiger partial charge in [0.05, 0.1) is 23.9 Å². The van der Waals surface area contributed by atoms with Gasteiger partial charge in [0, 0.05) is 11.8 Å². The van der Waals surface area contributed by atoms with Gasteiger partial charge in [-0.05, 0) is 54.6 Å². The Morgan fingerprint density at radius 2 is 1.44 bits per heavy atom. The first-order valence-electron chi connectivity index (χ1n) is 8.27. The second-order valence-corrected chi connectivity index (χ2v) is 6.03. The summed E-state index contributed by atoms with van der Waals surface area (Å²) in [5.74, 6) is 0.901. The minimum absolute atomic E-state index is 0.303. The summed E-state index contributed by atoms with van der Waals surface area (Å²) >= 11 is 0. The SMILES string of the molecule is COc1ccc(N2C(=O)c3ccc(Oc4cccc(N)c4)cc3C2=O)cc1.